The molecule has 0 bridgehead atoms. The summed E-state index contributed by atoms with van der Waals surface area (Å²) in [6.07, 6.45) is 5.30. The van der Waals surface area contributed by atoms with Crippen LogP contribution in [-0.2, 0) is 28.9 Å². The number of rotatable bonds is 15. The first-order chi connectivity index (χ1) is 21.5. The van der Waals surface area contributed by atoms with E-state index in [0.717, 1.165) is 61.0 Å². The Labute approximate surface area is 258 Å². The van der Waals surface area contributed by atoms with Gasteiger partial charge in [-0.15, -0.1) is 0 Å². The molecule has 5 aromatic rings. The molecule has 1 heterocycles. The minimum Gasteiger partial charge on any atom is -0.491 e. The van der Waals surface area contributed by atoms with Crippen molar-refractivity contribution in [3.63, 3.8) is 0 Å². The van der Waals surface area contributed by atoms with E-state index in [1.54, 1.807) is 0 Å². The van der Waals surface area contributed by atoms with Gasteiger partial charge in [0.05, 0.1) is 18.7 Å². The van der Waals surface area contributed by atoms with E-state index in [1.165, 1.54) is 22.1 Å². The number of unbranched alkanes of at least 4 members (excludes halogenated alkanes) is 1. The molecule has 4 aromatic carbocycles. The van der Waals surface area contributed by atoms with Gasteiger partial charge >= 0.3 is 5.97 Å². The molecule has 2 N–H and O–H groups in total. The lowest BCUT2D eigenvalue weighted by molar-refractivity contribution is -0.138. The summed E-state index contributed by atoms with van der Waals surface area (Å²) in [5.41, 5.74) is 7.10. The molecule has 1 amide bonds. The third-order valence-corrected chi connectivity index (χ3v) is 7.74. The van der Waals surface area contributed by atoms with Gasteiger partial charge in [-0.1, -0.05) is 92.2 Å². The number of para-hydroxylation sites is 1. The molecule has 0 aliphatic heterocycles. The maximum Gasteiger partial charge on any atom is 0.303 e. The Bertz CT molecular complexity index is 1690. The van der Waals surface area contributed by atoms with E-state index in [4.69, 9.17) is 14.3 Å². The maximum absolute atomic E-state index is 12.6. The third-order valence-electron chi connectivity index (χ3n) is 7.74. The minimum absolute atomic E-state index is 0.107. The average Bonchev–Trinajstić information content (AvgIpc) is 3.39. The molecule has 0 atom stereocenters. The SMILES string of the molecule is CCCCc1oc2ccccc2c1Cc1ccc(-c2ccc(OCCCc3ccccc3)c(NC(=O)CCC(=O)O)c2)cc1. The quantitative estimate of drug-likeness (QED) is 0.119. The first kappa shape index (κ1) is 30.6. The fraction of sp³-hybridized carbons (Fsp3) is 0.263. The molecule has 6 nitrogen and oxygen atoms in total. The lowest BCUT2D eigenvalue weighted by Gasteiger charge is -2.15. The van der Waals surface area contributed by atoms with E-state index in [0.29, 0.717) is 18.0 Å². The molecule has 0 aliphatic rings. The van der Waals surface area contributed by atoms with E-state index in [1.807, 2.05) is 48.5 Å². The molecule has 0 radical (unpaired) electrons. The summed E-state index contributed by atoms with van der Waals surface area (Å²) < 4.78 is 12.3. The van der Waals surface area contributed by atoms with Crippen LogP contribution in [0.3, 0.4) is 0 Å². The number of hydrogen-bond donors (Lipinski definition) is 2. The van der Waals surface area contributed by atoms with Crippen molar-refractivity contribution in [2.45, 2.75) is 58.3 Å². The molecule has 0 aliphatic carbocycles. The normalized spacial score (nSPS) is 11.0. The predicted octanol–water partition coefficient (Wildman–Crippen LogP) is 8.85. The summed E-state index contributed by atoms with van der Waals surface area (Å²) in [4.78, 5) is 23.6. The van der Waals surface area contributed by atoms with Crippen LogP contribution in [0.25, 0.3) is 22.1 Å². The Hall–Kier alpha value is -4.84. The number of furan rings is 1. The largest absolute Gasteiger partial charge is 0.491 e. The molecule has 1 aromatic heterocycles. The molecule has 6 heteroatoms. The van der Waals surface area contributed by atoms with Gasteiger partial charge in [0, 0.05) is 30.2 Å². The number of carboxylic acid groups (broad SMARTS) is 1. The highest BCUT2D eigenvalue weighted by molar-refractivity contribution is 5.94. The molecule has 226 valence electrons. The number of carboxylic acids is 1. The van der Waals surface area contributed by atoms with Crippen LogP contribution in [0.4, 0.5) is 5.69 Å². The Balaban J connectivity index is 1.32. The van der Waals surface area contributed by atoms with Gasteiger partial charge in [-0.05, 0) is 59.7 Å². The first-order valence-corrected chi connectivity index (χ1v) is 15.4. The summed E-state index contributed by atoms with van der Waals surface area (Å²) in [5, 5.41) is 13.1. The monoisotopic (exact) mass is 589 g/mol. The van der Waals surface area contributed by atoms with Crippen molar-refractivity contribution in [2.24, 2.45) is 0 Å². The number of amides is 1. The van der Waals surface area contributed by atoms with Crippen LogP contribution in [0.1, 0.15) is 61.5 Å². The molecule has 0 spiro atoms. The van der Waals surface area contributed by atoms with E-state index in [-0.39, 0.29) is 18.7 Å². The highest BCUT2D eigenvalue weighted by Crippen LogP contribution is 2.33. The summed E-state index contributed by atoms with van der Waals surface area (Å²) >= 11 is 0. The standard InChI is InChI=1S/C38H39NO5/c1-2-3-14-35-32(31-13-7-8-15-34(31)44-35)25-28-16-18-29(19-17-28)30-20-21-36(33(26-30)39-37(40)22-23-38(41)42)43-24-9-12-27-10-5-4-6-11-27/h4-8,10-11,13,15-21,26H,2-3,9,12,14,22-25H2,1H3,(H,39,40)(H,41,42). The van der Waals surface area contributed by atoms with E-state index in [2.05, 4.69) is 60.8 Å². The van der Waals surface area contributed by atoms with E-state index in [9.17, 15) is 9.59 Å². The number of anilines is 1. The lowest BCUT2D eigenvalue weighted by Crippen LogP contribution is -2.14. The van der Waals surface area contributed by atoms with Crippen molar-refractivity contribution in [1.82, 2.24) is 0 Å². The Kier molecular flexibility index (Phi) is 10.5. The van der Waals surface area contributed by atoms with Crippen molar-refractivity contribution in [2.75, 3.05) is 11.9 Å². The second kappa shape index (κ2) is 15.1. The minimum atomic E-state index is -1.01. The summed E-state index contributed by atoms with van der Waals surface area (Å²) in [6, 6.07) is 32.7. The van der Waals surface area contributed by atoms with Gasteiger partial charge in [0.1, 0.15) is 17.1 Å². The predicted molar refractivity (Wildman–Crippen MR) is 175 cm³/mol. The number of ether oxygens (including phenoxy) is 1. The fourth-order valence-electron chi connectivity index (χ4n) is 5.37. The fourth-order valence-corrected chi connectivity index (χ4v) is 5.37. The second-order valence-electron chi connectivity index (χ2n) is 11.1. The topological polar surface area (TPSA) is 88.8 Å². The Morgan fingerprint density at radius 2 is 1.55 bits per heavy atom. The van der Waals surface area contributed by atoms with Crippen LogP contribution in [0.15, 0.2) is 101 Å². The summed E-state index contributed by atoms with van der Waals surface area (Å²) in [5.74, 6) is 0.265. The number of aryl methyl sites for hydroxylation is 2. The summed E-state index contributed by atoms with van der Waals surface area (Å²) in [6.45, 7) is 2.68. The number of hydrogen-bond acceptors (Lipinski definition) is 4. The zero-order valence-electron chi connectivity index (χ0n) is 25.2. The first-order valence-electron chi connectivity index (χ1n) is 15.4. The molecule has 0 fully saturated rings. The van der Waals surface area contributed by atoms with Gasteiger partial charge in [0.25, 0.3) is 0 Å². The van der Waals surface area contributed by atoms with Gasteiger partial charge in [0.15, 0.2) is 0 Å². The van der Waals surface area contributed by atoms with Gasteiger partial charge < -0.3 is 19.6 Å². The highest BCUT2D eigenvalue weighted by atomic mass is 16.5. The number of fused-ring (bicyclic) bond motifs is 1. The van der Waals surface area contributed by atoms with Crippen molar-refractivity contribution in [3.8, 4) is 16.9 Å². The van der Waals surface area contributed by atoms with Crippen molar-refractivity contribution < 1.29 is 23.8 Å². The average molecular weight is 590 g/mol. The smallest absolute Gasteiger partial charge is 0.303 e. The number of aliphatic carboxylic acids is 1. The van der Waals surface area contributed by atoms with Gasteiger partial charge in [-0.25, -0.2) is 0 Å². The van der Waals surface area contributed by atoms with Crippen molar-refractivity contribution in [1.29, 1.82) is 0 Å². The number of nitrogens with one attached hydrogen (secondary N) is 1. The molecular weight excluding hydrogens is 550 g/mol. The molecule has 0 saturated carbocycles. The van der Waals surface area contributed by atoms with Crippen LogP contribution in [0.5, 0.6) is 5.75 Å². The van der Waals surface area contributed by atoms with Crippen LogP contribution in [0.2, 0.25) is 0 Å². The molecule has 0 saturated heterocycles. The zero-order valence-corrected chi connectivity index (χ0v) is 25.2. The van der Waals surface area contributed by atoms with E-state index < -0.39 is 5.97 Å². The van der Waals surface area contributed by atoms with Gasteiger partial charge in [0.2, 0.25) is 5.91 Å². The van der Waals surface area contributed by atoms with Crippen LogP contribution in [-0.4, -0.2) is 23.6 Å². The number of benzene rings is 4. The third kappa shape index (κ3) is 8.16. The molecular formula is C38H39NO5. The van der Waals surface area contributed by atoms with Crippen LogP contribution in [0, 0.1) is 0 Å². The summed E-state index contributed by atoms with van der Waals surface area (Å²) in [7, 11) is 0. The second-order valence-corrected chi connectivity index (χ2v) is 11.1. The van der Waals surface area contributed by atoms with E-state index >= 15 is 0 Å². The molecule has 5 rings (SSSR count). The number of carbonyl (C=O) groups is 2. The Morgan fingerprint density at radius 1 is 0.795 bits per heavy atom. The highest BCUT2D eigenvalue weighted by Gasteiger charge is 2.15. The molecule has 0 unspecified atom stereocenters. The van der Waals surface area contributed by atoms with Crippen molar-refractivity contribution >= 4 is 28.5 Å². The zero-order chi connectivity index (χ0) is 30.7. The van der Waals surface area contributed by atoms with Crippen LogP contribution < -0.4 is 10.1 Å². The Morgan fingerprint density at radius 3 is 2.32 bits per heavy atom. The molecule has 44 heavy (non-hydrogen) atoms. The number of carbonyl (C=O) groups excluding carboxylic acids is 1. The van der Waals surface area contributed by atoms with Crippen molar-refractivity contribution in [3.05, 3.63) is 120 Å². The van der Waals surface area contributed by atoms with Crippen LogP contribution >= 0.6 is 0 Å². The lowest BCUT2D eigenvalue weighted by atomic mass is 9.97. The maximum atomic E-state index is 12.6. The van der Waals surface area contributed by atoms with Gasteiger partial charge in [-0.3, -0.25) is 9.59 Å². The van der Waals surface area contributed by atoms with Gasteiger partial charge in [-0.2, -0.15) is 0 Å².